The summed E-state index contributed by atoms with van der Waals surface area (Å²) < 4.78 is 5.31. The molecule has 3 heteroatoms. The number of aliphatic hydroxyl groups excluding tert-OH is 1. The molecular weight excluding hydrogens is 178 g/mol. The van der Waals surface area contributed by atoms with Crippen molar-refractivity contribution >= 4 is 0 Å². The third-order valence-electron chi connectivity index (χ3n) is 2.49. The monoisotopic (exact) mass is 197 g/mol. The van der Waals surface area contributed by atoms with E-state index in [2.05, 4.69) is 12.2 Å². The number of hydrogen-bond acceptors (Lipinski definition) is 3. The third kappa shape index (κ3) is 3.16. The van der Waals surface area contributed by atoms with E-state index in [4.69, 9.17) is 9.52 Å². The summed E-state index contributed by atoms with van der Waals surface area (Å²) in [7, 11) is 0. The molecule has 0 aliphatic rings. The van der Waals surface area contributed by atoms with Crippen molar-refractivity contribution in [2.45, 2.75) is 39.3 Å². The first-order chi connectivity index (χ1) is 6.77. The van der Waals surface area contributed by atoms with Gasteiger partial charge in [-0.25, -0.2) is 0 Å². The van der Waals surface area contributed by atoms with Gasteiger partial charge in [0.2, 0.25) is 0 Å². The van der Waals surface area contributed by atoms with Crippen LogP contribution in [-0.2, 0) is 6.54 Å². The Morgan fingerprint density at radius 1 is 1.57 bits per heavy atom. The highest BCUT2D eigenvalue weighted by atomic mass is 16.3. The van der Waals surface area contributed by atoms with Crippen LogP contribution in [0.1, 0.15) is 31.1 Å². The van der Waals surface area contributed by atoms with Crippen molar-refractivity contribution in [3.8, 4) is 0 Å². The minimum Gasteiger partial charge on any atom is -0.468 e. The molecule has 14 heavy (non-hydrogen) atoms. The van der Waals surface area contributed by atoms with Gasteiger partial charge in [-0.05, 0) is 31.4 Å². The molecule has 1 unspecified atom stereocenters. The Labute approximate surface area is 85.1 Å². The van der Waals surface area contributed by atoms with Gasteiger partial charge in [0.25, 0.3) is 0 Å². The van der Waals surface area contributed by atoms with E-state index in [9.17, 15) is 0 Å². The van der Waals surface area contributed by atoms with E-state index in [1.165, 1.54) is 5.56 Å². The minimum absolute atomic E-state index is 0.239. The van der Waals surface area contributed by atoms with Crippen LogP contribution in [0.25, 0.3) is 0 Å². The summed E-state index contributed by atoms with van der Waals surface area (Å²) in [6.45, 7) is 5.13. The number of aliphatic hydroxyl groups is 1. The lowest BCUT2D eigenvalue weighted by Gasteiger charge is -2.14. The van der Waals surface area contributed by atoms with Crippen molar-refractivity contribution < 1.29 is 9.52 Å². The first-order valence-corrected chi connectivity index (χ1v) is 5.15. The second-order valence-corrected chi connectivity index (χ2v) is 3.53. The number of nitrogens with one attached hydrogen (secondary N) is 1. The van der Waals surface area contributed by atoms with E-state index in [0.29, 0.717) is 6.04 Å². The molecule has 0 amide bonds. The summed E-state index contributed by atoms with van der Waals surface area (Å²) in [5, 5.41) is 12.2. The lowest BCUT2D eigenvalue weighted by molar-refractivity contribution is 0.260. The fraction of sp³-hybridized carbons (Fsp3) is 0.636. The highest BCUT2D eigenvalue weighted by Gasteiger charge is 2.07. The molecule has 2 N–H and O–H groups in total. The second-order valence-electron chi connectivity index (χ2n) is 3.53. The van der Waals surface area contributed by atoms with E-state index in [0.717, 1.165) is 25.1 Å². The summed E-state index contributed by atoms with van der Waals surface area (Å²) in [4.78, 5) is 0. The highest BCUT2D eigenvalue weighted by molar-refractivity contribution is 5.14. The van der Waals surface area contributed by atoms with Crippen molar-refractivity contribution in [1.29, 1.82) is 0 Å². The summed E-state index contributed by atoms with van der Waals surface area (Å²) in [5.74, 6) is 0.987. The number of aryl methyl sites for hydroxylation is 1. The smallest absolute Gasteiger partial charge is 0.120 e. The maximum atomic E-state index is 8.82. The van der Waals surface area contributed by atoms with Gasteiger partial charge in [0.15, 0.2) is 0 Å². The Kier molecular flexibility index (Phi) is 4.70. The highest BCUT2D eigenvalue weighted by Crippen LogP contribution is 2.09. The molecule has 1 rings (SSSR count). The average molecular weight is 197 g/mol. The van der Waals surface area contributed by atoms with Crippen LogP contribution in [-0.4, -0.2) is 17.8 Å². The standard InChI is InChI=1S/C11H19NO2/c1-3-10(4-6-13)12-8-11-9(2)5-7-14-11/h5,7,10,12-13H,3-4,6,8H2,1-2H3. The first kappa shape index (κ1) is 11.3. The summed E-state index contributed by atoms with van der Waals surface area (Å²) >= 11 is 0. The molecule has 0 aliphatic carbocycles. The molecule has 0 spiro atoms. The molecule has 0 saturated heterocycles. The maximum absolute atomic E-state index is 8.82. The molecule has 1 atom stereocenters. The van der Waals surface area contributed by atoms with Gasteiger partial charge in [0, 0.05) is 12.6 Å². The first-order valence-electron chi connectivity index (χ1n) is 5.15. The molecule has 80 valence electrons. The normalized spacial score (nSPS) is 13.1. The molecule has 0 bridgehead atoms. The van der Waals surface area contributed by atoms with Crippen molar-refractivity contribution in [3.05, 3.63) is 23.7 Å². The zero-order valence-electron chi connectivity index (χ0n) is 8.92. The van der Waals surface area contributed by atoms with Gasteiger partial charge in [-0.15, -0.1) is 0 Å². The van der Waals surface area contributed by atoms with Gasteiger partial charge < -0.3 is 14.8 Å². The van der Waals surface area contributed by atoms with Gasteiger partial charge in [0.05, 0.1) is 12.8 Å². The molecule has 0 saturated carbocycles. The predicted molar refractivity (Wildman–Crippen MR) is 56.1 cm³/mol. The van der Waals surface area contributed by atoms with Gasteiger partial charge in [-0.1, -0.05) is 6.92 Å². The van der Waals surface area contributed by atoms with E-state index in [1.807, 2.05) is 13.0 Å². The zero-order chi connectivity index (χ0) is 10.4. The minimum atomic E-state index is 0.239. The fourth-order valence-corrected chi connectivity index (χ4v) is 1.43. The molecule has 0 aromatic carbocycles. The molecule has 1 heterocycles. The van der Waals surface area contributed by atoms with Crippen molar-refractivity contribution in [3.63, 3.8) is 0 Å². The summed E-state index contributed by atoms with van der Waals surface area (Å²) in [5.41, 5.74) is 1.18. The lowest BCUT2D eigenvalue weighted by atomic mass is 10.1. The quantitative estimate of drug-likeness (QED) is 0.731. The fourth-order valence-electron chi connectivity index (χ4n) is 1.43. The Hall–Kier alpha value is -0.800. The Balaban J connectivity index is 2.35. The molecule has 0 aliphatic heterocycles. The third-order valence-corrected chi connectivity index (χ3v) is 2.49. The second kappa shape index (κ2) is 5.83. The molecule has 0 radical (unpaired) electrons. The van der Waals surface area contributed by atoms with E-state index in [1.54, 1.807) is 6.26 Å². The number of furan rings is 1. The van der Waals surface area contributed by atoms with E-state index in [-0.39, 0.29) is 6.61 Å². The summed E-state index contributed by atoms with van der Waals surface area (Å²) in [6.07, 6.45) is 3.54. The van der Waals surface area contributed by atoms with Crippen molar-refractivity contribution in [1.82, 2.24) is 5.32 Å². The number of hydrogen-bond donors (Lipinski definition) is 2. The van der Waals surface area contributed by atoms with Crippen molar-refractivity contribution in [2.24, 2.45) is 0 Å². The van der Waals surface area contributed by atoms with Crippen LogP contribution < -0.4 is 5.32 Å². The Morgan fingerprint density at radius 2 is 2.36 bits per heavy atom. The van der Waals surface area contributed by atoms with Gasteiger partial charge >= 0.3 is 0 Å². The lowest BCUT2D eigenvalue weighted by Crippen LogP contribution is -2.28. The van der Waals surface area contributed by atoms with Crippen LogP contribution in [0, 0.1) is 6.92 Å². The summed E-state index contributed by atoms with van der Waals surface area (Å²) in [6, 6.07) is 2.34. The molecule has 0 fully saturated rings. The molecule has 1 aromatic heterocycles. The van der Waals surface area contributed by atoms with Gasteiger partial charge in [-0.3, -0.25) is 0 Å². The predicted octanol–water partition coefficient (Wildman–Crippen LogP) is 1.84. The van der Waals surface area contributed by atoms with Crippen LogP contribution in [0.2, 0.25) is 0 Å². The Morgan fingerprint density at radius 3 is 2.86 bits per heavy atom. The van der Waals surface area contributed by atoms with E-state index >= 15 is 0 Å². The maximum Gasteiger partial charge on any atom is 0.120 e. The number of rotatable bonds is 6. The largest absolute Gasteiger partial charge is 0.468 e. The van der Waals surface area contributed by atoms with Crippen LogP contribution in [0.4, 0.5) is 0 Å². The zero-order valence-corrected chi connectivity index (χ0v) is 8.92. The van der Waals surface area contributed by atoms with Crippen LogP contribution in [0.5, 0.6) is 0 Å². The van der Waals surface area contributed by atoms with Gasteiger partial charge in [0.1, 0.15) is 5.76 Å². The average Bonchev–Trinajstić information content (AvgIpc) is 2.59. The molecular formula is C11H19NO2. The SMILES string of the molecule is CCC(CCO)NCc1occc1C. The van der Waals surface area contributed by atoms with Crippen molar-refractivity contribution in [2.75, 3.05) is 6.61 Å². The van der Waals surface area contributed by atoms with Crippen LogP contribution >= 0.6 is 0 Å². The van der Waals surface area contributed by atoms with Gasteiger partial charge in [-0.2, -0.15) is 0 Å². The van der Waals surface area contributed by atoms with Crippen LogP contribution in [0.3, 0.4) is 0 Å². The van der Waals surface area contributed by atoms with Crippen LogP contribution in [0.15, 0.2) is 16.7 Å². The Bertz CT molecular complexity index is 258. The topological polar surface area (TPSA) is 45.4 Å². The van der Waals surface area contributed by atoms with E-state index < -0.39 is 0 Å². The molecule has 3 nitrogen and oxygen atoms in total. The molecule has 1 aromatic rings.